The van der Waals surface area contributed by atoms with Crippen LogP contribution in [0.2, 0.25) is 25.1 Å². The number of ether oxygens (including phenoxy) is 7. The molecule has 0 amide bonds. The Labute approximate surface area is 713 Å². The third kappa shape index (κ3) is 19.4. The Kier molecular flexibility index (Phi) is 29.0. The van der Waals surface area contributed by atoms with Crippen LogP contribution in [-0.4, -0.2) is 162 Å². The summed E-state index contributed by atoms with van der Waals surface area (Å²) in [4.78, 5) is 56.8. The van der Waals surface area contributed by atoms with Crippen molar-refractivity contribution in [2.45, 2.75) is 166 Å². The van der Waals surface area contributed by atoms with Gasteiger partial charge in [0.05, 0.1) is 120 Å². The molecule has 618 valence electrons. The highest BCUT2D eigenvalue weighted by Crippen LogP contribution is 2.38. The second kappa shape index (κ2) is 40.4. The number of nitrogens with one attached hydrogen (secondary N) is 1. The van der Waals surface area contributed by atoms with Crippen LogP contribution in [0.4, 0.5) is 17.1 Å². The van der Waals surface area contributed by atoms with Crippen molar-refractivity contribution in [3.8, 4) is 0 Å². The quantitative estimate of drug-likeness (QED) is 0.0286. The molecule has 20 rings (SSSR count). The maximum atomic E-state index is 12.1. The molecule has 6 aliphatic rings. The minimum atomic E-state index is -1.10. The smallest absolute Gasteiger partial charge is 0.320 e. The van der Waals surface area contributed by atoms with E-state index < -0.39 is 11.9 Å². The number of methoxy groups -OCH3 is 1. The van der Waals surface area contributed by atoms with Crippen LogP contribution in [0.25, 0.3) is 87.7 Å². The Morgan fingerprint density at radius 1 is 0.458 bits per heavy atom. The van der Waals surface area contributed by atoms with Gasteiger partial charge in [-0.15, -0.1) is 0 Å². The summed E-state index contributed by atoms with van der Waals surface area (Å²) in [5.41, 5.74) is 27.6. The SMILES string of the molecule is COC(=O)C(C(C)=O)c1c(Cl)cnc2c1cnn2C1CCCCO1.Clc1ccnc2[nH]ncc12.Clc1ccnc2c1cnn2C1CCCCO1.Clc1cnc2c(cnn2C2CCCCO2)c1I.Nc1c(Cl)cnc2c1cnn2C1CCCCO1.Nc1ccnc2c1cnn2C1CCCCO1.[N-]=[N+]=Nc1ccnc2c1cnn2C1CCCCO1. The molecule has 0 aliphatic carbocycles. The number of fused-ring (bicyclic) bond motifs is 7. The summed E-state index contributed by atoms with van der Waals surface area (Å²) in [6, 6.07) is 6.98. The van der Waals surface area contributed by atoms with Gasteiger partial charge >= 0.3 is 5.97 Å². The molecular weight excluding hydrogens is 1740 g/mol. The van der Waals surface area contributed by atoms with Crippen LogP contribution in [0.3, 0.4) is 0 Å². The number of H-pyrrole nitrogens is 1. The molecule has 6 saturated heterocycles. The number of nitrogens with two attached hydrogens (primary N) is 2. The number of esters is 1. The van der Waals surface area contributed by atoms with E-state index in [2.05, 4.69) is 108 Å². The average Bonchev–Trinajstić information content (AvgIpc) is 1.59. The number of carbonyl (C=O) groups is 2. The predicted molar refractivity (Wildman–Crippen MR) is 453 cm³/mol. The van der Waals surface area contributed by atoms with E-state index in [4.69, 9.17) is 108 Å². The minimum Gasteiger partial charge on any atom is -0.468 e. The molecule has 5 N–H and O–H groups in total. The molecule has 0 radical (unpaired) electrons. The number of nitrogens with zero attached hydrogens (tertiary/aromatic N) is 23. The molecular formula is C77H84Cl5IN26O9. The minimum absolute atomic E-state index is 0.0113. The third-order valence-electron chi connectivity index (χ3n) is 20.4. The fourth-order valence-corrected chi connectivity index (χ4v) is 15.8. The standard InChI is InChI=1S/C16H18ClN3O4.C11H11ClIN3O.C11H13ClN4O.C11H12ClN3O.C11H12N6O.C11H14N4O.C6H4ClN3/c1-9(21)13(16(22)23-2)14-10-7-19-20(12-5-3-4-6-24-12)15(10)18-8-11(14)17;2*12-8-6-14-11-7(10(8)13)5-15-16(11)9-3-1-2-4-17-9;12-9-4-5-13-11-8(9)7-14-15(11)10-3-1-2-6-16-10;12-16-15-9-4-5-13-11-8(9)7-14-17(11)10-3-1-2-6-18-10;12-9-4-5-13-11-8(9)7-14-15(11)10-3-1-2-6-16-10;7-5-1-2-8-6-4(5)3-9-10-6/h7-8,12-13H,3-6H2,1-2H3;5-6,9H,1-4H2;5-6,9H,1-4H2,(H2,13,14);4-5,7,10H,1-3,6H2;4-5,7,10H,1-3,6H2;4-5,7,10H,1-3,6H2,(H2,12,13);1-3H,(H,8,9,10). The first-order valence-electron chi connectivity index (χ1n) is 38.7. The van der Waals surface area contributed by atoms with Gasteiger partial charge in [0.15, 0.2) is 76.9 Å². The number of anilines is 2. The Balaban J connectivity index is 0.000000114. The van der Waals surface area contributed by atoms with E-state index in [9.17, 15) is 9.59 Å². The van der Waals surface area contributed by atoms with E-state index in [1.54, 1.807) is 113 Å². The highest BCUT2D eigenvalue weighted by molar-refractivity contribution is 14.1. The molecule has 0 aromatic carbocycles. The predicted octanol–water partition coefficient (Wildman–Crippen LogP) is 17.6. The number of aromatic nitrogens is 21. The van der Waals surface area contributed by atoms with Gasteiger partial charge in [-0.1, -0.05) is 63.1 Å². The second-order valence-electron chi connectivity index (χ2n) is 28.0. The molecule has 0 spiro atoms. The van der Waals surface area contributed by atoms with E-state index in [0.29, 0.717) is 66.0 Å². The molecule has 0 bridgehead atoms. The maximum absolute atomic E-state index is 12.1. The number of carbonyl (C=O) groups excluding carboxylic acids is 2. The number of azide groups is 1. The summed E-state index contributed by atoms with van der Waals surface area (Å²) in [7, 11) is 1.24. The summed E-state index contributed by atoms with van der Waals surface area (Å²) < 4.78 is 50.8. The Morgan fingerprint density at radius 3 is 1.29 bits per heavy atom. The Hall–Kier alpha value is -9.67. The molecule has 14 aromatic heterocycles. The van der Waals surface area contributed by atoms with E-state index in [-0.39, 0.29) is 48.2 Å². The van der Waals surface area contributed by atoms with Crippen LogP contribution in [0.15, 0.2) is 116 Å². The molecule has 6 aliphatic heterocycles. The zero-order valence-corrected chi connectivity index (χ0v) is 70.2. The topological polar surface area (TPSA) is 425 Å². The van der Waals surface area contributed by atoms with E-state index in [0.717, 1.165) is 193 Å². The normalized spacial score (nSPS) is 19.6. The second-order valence-corrected chi connectivity index (χ2v) is 31.2. The lowest BCUT2D eigenvalue weighted by Crippen LogP contribution is -2.22. The van der Waals surface area contributed by atoms with Gasteiger partial charge in [-0.05, 0) is 175 Å². The van der Waals surface area contributed by atoms with Crippen LogP contribution in [0.5, 0.6) is 0 Å². The van der Waals surface area contributed by atoms with Crippen molar-refractivity contribution in [2.75, 3.05) is 58.2 Å². The molecule has 7 unspecified atom stereocenters. The summed E-state index contributed by atoms with van der Waals surface area (Å²) in [5.74, 6) is -2.10. The third-order valence-corrected chi connectivity index (χ3v) is 23.4. The molecule has 14 aromatic rings. The van der Waals surface area contributed by atoms with Crippen LogP contribution in [0, 0.1) is 3.57 Å². The molecule has 118 heavy (non-hydrogen) atoms. The van der Waals surface area contributed by atoms with Crippen molar-refractivity contribution in [3.05, 3.63) is 156 Å². The molecule has 20 heterocycles. The number of hydrogen-bond donors (Lipinski definition) is 3. The van der Waals surface area contributed by atoms with Gasteiger partial charge in [0, 0.05) is 107 Å². The summed E-state index contributed by atoms with van der Waals surface area (Å²) >= 11 is 32.3. The monoisotopic (exact) mass is 1820 g/mol. The number of hydrogen-bond acceptors (Lipinski definition) is 26. The van der Waals surface area contributed by atoms with Gasteiger partial charge in [-0.3, -0.25) is 14.7 Å². The van der Waals surface area contributed by atoms with Crippen LogP contribution < -0.4 is 11.5 Å². The van der Waals surface area contributed by atoms with Crippen LogP contribution in [0.1, 0.15) is 171 Å². The number of ketones is 1. The van der Waals surface area contributed by atoms with Crippen molar-refractivity contribution in [2.24, 2.45) is 5.11 Å². The molecule has 7 atom stereocenters. The number of nitrogen functional groups attached to an aromatic ring is 2. The van der Waals surface area contributed by atoms with E-state index in [1.807, 2.05) is 20.2 Å². The lowest BCUT2D eigenvalue weighted by Gasteiger charge is -2.23. The number of halogens is 6. The summed E-state index contributed by atoms with van der Waals surface area (Å²) in [6.07, 6.45) is 42.2. The first-order valence-corrected chi connectivity index (χ1v) is 41.7. The average molecular weight is 1820 g/mol. The lowest BCUT2D eigenvalue weighted by atomic mass is 9.94. The number of Topliss-reactive ketones (excluding diaryl/α,β-unsaturated/α-hetero) is 1. The maximum Gasteiger partial charge on any atom is 0.320 e. The van der Waals surface area contributed by atoms with Crippen molar-refractivity contribution in [1.29, 1.82) is 0 Å². The lowest BCUT2D eigenvalue weighted by molar-refractivity contribution is -0.145. The van der Waals surface area contributed by atoms with Crippen LogP contribution in [-0.2, 0) is 42.7 Å². The van der Waals surface area contributed by atoms with Gasteiger partial charge in [-0.25, -0.2) is 63.0 Å². The summed E-state index contributed by atoms with van der Waals surface area (Å²) in [6.45, 7) is 5.93. The zero-order chi connectivity index (χ0) is 82.2. The van der Waals surface area contributed by atoms with E-state index >= 15 is 0 Å². The van der Waals surface area contributed by atoms with Gasteiger partial charge in [0.1, 0.15) is 11.7 Å². The van der Waals surface area contributed by atoms with Crippen molar-refractivity contribution >= 4 is 187 Å². The molecule has 41 heteroatoms. The molecule has 6 fully saturated rings. The number of rotatable bonds is 10. The highest BCUT2D eigenvalue weighted by Gasteiger charge is 2.33. The fourth-order valence-electron chi connectivity index (χ4n) is 14.4. The highest BCUT2D eigenvalue weighted by atomic mass is 127. The first-order chi connectivity index (χ1) is 57.6. The van der Waals surface area contributed by atoms with E-state index in [1.165, 1.54) is 39.5 Å². The first kappa shape index (κ1) is 84.8. The van der Waals surface area contributed by atoms with Gasteiger partial charge in [0.2, 0.25) is 0 Å². The molecule has 35 nitrogen and oxygen atoms in total. The van der Waals surface area contributed by atoms with Crippen molar-refractivity contribution in [1.82, 2.24) is 104 Å². The van der Waals surface area contributed by atoms with Crippen molar-refractivity contribution < 1.29 is 42.7 Å². The van der Waals surface area contributed by atoms with Gasteiger partial charge in [0.25, 0.3) is 0 Å². The van der Waals surface area contributed by atoms with Gasteiger partial charge < -0.3 is 44.6 Å². The largest absolute Gasteiger partial charge is 0.468 e. The summed E-state index contributed by atoms with van der Waals surface area (Å²) in [5, 5.41) is 44.6. The molecule has 0 saturated carbocycles. The number of pyridine rings is 7. The van der Waals surface area contributed by atoms with Crippen molar-refractivity contribution in [3.63, 3.8) is 0 Å². The van der Waals surface area contributed by atoms with Gasteiger partial charge in [-0.2, -0.15) is 35.7 Å². The Bertz CT molecular complexity index is 5620. The Morgan fingerprint density at radius 2 is 0.831 bits per heavy atom. The van der Waals surface area contributed by atoms with Crippen LogP contribution >= 0.6 is 80.6 Å². The fraction of sp³-hybridized carbons (Fsp3) is 0.429. The number of aromatic amines is 1. The zero-order valence-electron chi connectivity index (χ0n) is 64.3.